The number of halogens is 2. The Kier molecular flexibility index (Phi) is 10.4. The second kappa shape index (κ2) is 10.8. The van der Waals surface area contributed by atoms with Gasteiger partial charge < -0.3 is 11.1 Å². The SMILES string of the molecule is CCC[C@@H](N)C1CCC(C(=O)Nc2ccncc2)CC1.Cl.Cl. The van der Waals surface area contributed by atoms with Crippen molar-refractivity contribution >= 4 is 36.4 Å². The molecule has 0 radical (unpaired) electrons. The van der Waals surface area contributed by atoms with Crippen LogP contribution >= 0.6 is 24.8 Å². The number of nitrogens with two attached hydrogens (primary N) is 1. The number of hydrogen-bond donors (Lipinski definition) is 2. The summed E-state index contributed by atoms with van der Waals surface area (Å²) in [6, 6.07) is 3.95. The summed E-state index contributed by atoms with van der Waals surface area (Å²) in [5.74, 6) is 0.867. The lowest BCUT2D eigenvalue weighted by Crippen LogP contribution is -2.35. The zero-order valence-corrected chi connectivity index (χ0v) is 14.7. The fourth-order valence-corrected chi connectivity index (χ4v) is 3.06. The van der Waals surface area contributed by atoms with E-state index in [0.717, 1.165) is 44.2 Å². The molecule has 6 heteroatoms. The highest BCUT2D eigenvalue weighted by Crippen LogP contribution is 2.32. The van der Waals surface area contributed by atoms with E-state index in [1.165, 1.54) is 0 Å². The van der Waals surface area contributed by atoms with E-state index in [0.29, 0.717) is 12.0 Å². The van der Waals surface area contributed by atoms with Crippen molar-refractivity contribution in [3.05, 3.63) is 24.5 Å². The molecule has 0 saturated heterocycles. The lowest BCUT2D eigenvalue weighted by molar-refractivity contribution is -0.121. The predicted molar refractivity (Wildman–Crippen MR) is 95.7 cm³/mol. The number of carbonyl (C=O) groups excluding carboxylic acids is 1. The summed E-state index contributed by atoms with van der Waals surface area (Å²) < 4.78 is 0. The third-order valence-corrected chi connectivity index (χ3v) is 4.32. The number of anilines is 1. The van der Waals surface area contributed by atoms with Crippen LogP contribution in [0.2, 0.25) is 0 Å². The first-order chi connectivity index (χ1) is 9.70. The normalized spacial score (nSPS) is 21.9. The van der Waals surface area contributed by atoms with Crippen LogP contribution in [0.4, 0.5) is 5.69 Å². The van der Waals surface area contributed by atoms with Gasteiger partial charge in [-0.1, -0.05) is 13.3 Å². The minimum atomic E-state index is 0. The van der Waals surface area contributed by atoms with Gasteiger partial charge in [0.05, 0.1) is 0 Å². The molecule has 1 aromatic rings. The molecule has 22 heavy (non-hydrogen) atoms. The maximum Gasteiger partial charge on any atom is 0.227 e. The van der Waals surface area contributed by atoms with Crippen LogP contribution in [0.5, 0.6) is 0 Å². The summed E-state index contributed by atoms with van der Waals surface area (Å²) in [5.41, 5.74) is 7.03. The average Bonchev–Trinajstić information content (AvgIpc) is 2.48. The van der Waals surface area contributed by atoms with Gasteiger partial charge in [0.2, 0.25) is 5.91 Å². The van der Waals surface area contributed by atoms with E-state index in [1.54, 1.807) is 12.4 Å². The Balaban J connectivity index is 0.00000220. The first-order valence-electron chi connectivity index (χ1n) is 7.67. The van der Waals surface area contributed by atoms with Crippen LogP contribution in [0.25, 0.3) is 0 Å². The second-order valence-corrected chi connectivity index (χ2v) is 5.79. The van der Waals surface area contributed by atoms with Gasteiger partial charge in [0.15, 0.2) is 0 Å². The number of nitrogens with one attached hydrogen (secondary N) is 1. The van der Waals surface area contributed by atoms with Crippen LogP contribution in [-0.4, -0.2) is 16.9 Å². The fourth-order valence-electron chi connectivity index (χ4n) is 3.06. The number of aromatic nitrogens is 1. The molecule has 126 valence electrons. The van der Waals surface area contributed by atoms with Crippen molar-refractivity contribution in [2.24, 2.45) is 17.6 Å². The molecule has 0 spiro atoms. The number of amides is 1. The molecule has 1 fully saturated rings. The van der Waals surface area contributed by atoms with Crippen molar-refractivity contribution in [1.82, 2.24) is 4.98 Å². The molecular weight excluding hydrogens is 321 g/mol. The van der Waals surface area contributed by atoms with Crippen molar-refractivity contribution in [2.75, 3.05) is 5.32 Å². The van der Waals surface area contributed by atoms with Gasteiger partial charge in [-0.15, -0.1) is 24.8 Å². The third kappa shape index (κ3) is 6.11. The van der Waals surface area contributed by atoms with E-state index in [-0.39, 0.29) is 36.6 Å². The van der Waals surface area contributed by atoms with Crippen LogP contribution in [0.15, 0.2) is 24.5 Å². The highest BCUT2D eigenvalue weighted by molar-refractivity contribution is 5.92. The lowest BCUT2D eigenvalue weighted by Gasteiger charge is -2.31. The molecule has 1 saturated carbocycles. The Hall–Kier alpha value is -0.840. The Morgan fingerprint density at radius 1 is 1.27 bits per heavy atom. The maximum atomic E-state index is 12.2. The molecule has 1 aliphatic carbocycles. The zero-order chi connectivity index (χ0) is 14.4. The van der Waals surface area contributed by atoms with E-state index < -0.39 is 0 Å². The summed E-state index contributed by atoms with van der Waals surface area (Å²) in [4.78, 5) is 16.2. The molecule has 0 aliphatic heterocycles. The molecule has 0 unspecified atom stereocenters. The zero-order valence-electron chi connectivity index (χ0n) is 13.0. The predicted octanol–water partition coefficient (Wildman–Crippen LogP) is 3.80. The number of carbonyl (C=O) groups is 1. The average molecular weight is 348 g/mol. The van der Waals surface area contributed by atoms with Gasteiger partial charge in [0.25, 0.3) is 0 Å². The van der Waals surface area contributed by atoms with Gasteiger partial charge in [-0.3, -0.25) is 9.78 Å². The standard InChI is InChI=1S/C16H25N3O.2ClH/c1-2-3-15(17)12-4-6-13(7-5-12)16(20)19-14-8-10-18-11-9-14;;/h8-13,15H,2-7,17H2,1H3,(H,18,19,20);2*1H/t12?,13?,15-;;/m1../s1. The second-order valence-electron chi connectivity index (χ2n) is 5.79. The topological polar surface area (TPSA) is 68.0 Å². The molecule has 1 heterocycles. The van der Waals surface area contributed by atoms with Crippen LogP contribution < -0.4 is 11.1 Å². The van der Waals surface area contributed by atoms with Crippen LogP contribution in [0.3, 0.4) is 0 Å². The van der Waals surface area contributed by atoms with Crippen molar-refractivity contribution < 1.29 is 4.79 Å². The van der Waals surface area contributed by atoms with E-state index >= 15 is 0 Å². The van der Waals surface area contributed by atoms with E-state index in [9.17, 15) is 4.79 Å². The highest BCUT2D eigenvalue weighted by atomic mass is 35.5. The van der Waals surface area contributed by atoms with E-state index in [1.807, 2.05) is 12.1 Å². The number of nitrogens with zero attached hydrogens (tertiary/aromatic N) is 1. The summed E-state index contributed by atoms with van der Waals surface area (Å²) >= 11 is 0. The Bertz CT molecular complexity index is 423. The van der Waals surface area contributed by atoms with Crippen LogP contribution in [0.1, 0.15) is 45.4 Å². The summed E-state index contributed by atoms with van der Waals surface area (Å²) in [5, 5.41) is 2.97. The fraction of sp³-hybridized carbons (Fsp3) is 0.625. The number of hydrogen-bond acceptors (Lipinski definition) is 3. The van der Waals surface area contributed by atoms with Gasteiger partial charge in [-0.05, 0) is 50.2 Å². The smallest absolute Gasteiger partial charge is 0.227 e. The summed E-state index contributed by atoms with van der Waals surface area (Å²) in [6.45, 7) is 2.17. The first-order valence-corrected chi connectivity index (χ1v) is 7.67. The lowest BCUT2D eigenvalue weighted by atomic mass is 9.77. The van der Waals surface area contributed by atoms with E-state index in [4.69, 9.17) is 5.73 Å². The molecule has 1 aliphatic rings. The quantitative estimate of drug-likeness (QED) is 0.850. The molecule has 0 bridgehead atoms. The molecular formula is C16H27Cl2N3O. The highest BCUT2D eigenvalue weighted by Gasteiger charge is 2.28. The molecule has 1 aromatic heterocycles. The minimum Gasteiger partial charge on any atom is -0.327 e. The van der Waals surface area contributed by atoms with Crippen molar-refractivity contribution in [3.8, 4) is 0 Å². The van der Waals surface area contributed by atoms with Crippen molar-refractivity contribution in [1.29, 1.82) is 0 Å². The molecule has 2 rings (SSSR count). The third-order valence-electron chi connectivity index (χ3n) is 4.32. The monoisotopic (exact) mass is 347 g/mol. The van der Waals surface area contributed by atoms with Gasteiger partial charge >= 0.3 is 0 Å². The van der Waals surface area contributed by atoms with Crippen molar-refractivity contribution in [2.45, 2.75) is 51.5 Å². The molecule has 4 nitrogen and oxygen atoms in total. The van der Waals surface area contributed by atoms with E-state index in [2.05, 4.69) is 17.2 Å². The minimum absolute atomic E-state index is 0. The first kappa shape index (κ1) is 21.2. The Morgan fingerprint density at radius 3 is 2.41 bits per heavy atom. The van der Waals surface area contributed by atoms with Gasteiger partial charge in [-0.2, -0.15) is 0 Å². The molecule has 3 N–H and O–H groups in total. The van der Waals surface area contributed by atoms with Crippen LogP contribution in [0, 0.1) is 11.8 Å². The van der Waals surface area contributed by atoms with Crippen molar-refractivity contribution in [3.63, 3.8) is 0 Å². The van der Waals surface area contributed by atoms with Gasteiger partial charge in [-0.25, -0.2) is 0 Å². The number of rotatable bonds is 5. The largest absolute Gasteiger partial charge is 0.327 e. The summed E-state index contributed by atoms with van der Waals surface area (Å²) in [7, 11) is 0. The number of pyridine rings is 1. The molecule has 0 aromatic carbocycles. The van der Waals surface area contributed by atoms with Gasteiger partial charge in [0.1, 0.15) is 0 Å². The molecule has 1 atom stereocenters. The Morgan fingerprint density at radius 2 is 1.86 bits per heavy atom. The van der Waals surface area contributed by atoms with Crippen LogP contribution in [-0.2, 0) is 4.79 Å². The summed E-state index contributed by atoms with van der Waals surface area (Å²) in [6.07, 6.45) is 9.69. The maximum absolute atomic E-state index is 12.2. The van der Waals surface area contributed by atoms with Gasteiger partial charge in [0, 0.05) is 30.0 Å². The molecule has 1 amide bonds. The Labute approximate surface area is 145 Å².